The number of benzene rings is 3. The van der Waals surface area contributed by atoms with Crippen LogP contribution in [0.15, 0.2) is 66.7 Å². The Hall–Kier alpha value is -3.14. The molecule has 0 aromatic heterocycles. The highest BCUT2D eigenvalue weighted by Crippen LogP contribution is 2.19. The molecule has 0 aliphatic heterocycles. The van der Waals surface area contributed by atoms with E-state index in [0.29, 0.717) is 19.3 Å². The maximum absolute atomic E-state index is 12.4. The lowest BCUT2D eigenvalue weighted by molar-refractivity contribution is -0.128. The second-order valence-corrected chi connectivity index (χ2v) is 6.85. The largest absolute Gasteiger partial charge is 0.349 e. The molecule has 0 radical (unpaired) electrons. The van der Waals surface area contributed by atoms with Gasteiger partial charge < -0.3 is 10.2 Å². The lowest BCUT2D eigenvalue weighted by Gasteiger charge is -2.10. The molecule has 0 saturated carbocycles. The van der Waals surface area contributed by atoms with Crippen LogP contribution in [0.4, 0.5) is 5.69 Å². The summed E-state index contributed by atoms with van der Waals surface area (Å²) in [6, 6.07) is 21.8. The summed E-state index contributed by atoms with van der Waals surface area (Å²) in [7, 11) is 3.52. The Morgan fingerprint density at radius 3 is 2.33 bits per heavy atom. The smallest absolute Gasteiger partial charge is 0.228 e. The second-order valence-electron chi connectivity index (χ2n) is 6.85. The number of nitrogens with one attached hydrogen (secondary N) is 1. The van der Waals surface area contributed by atoms with Gasteiger partial charge in [-0.1, -0.05) is 54.6 Å². The average Bonchev–Trinajstić information content (AvgIpc) is 2.67. The zero-order valence-electron chi connectivity index (χ0n) is 15.7. The number of aryl methyl sites for hydroxylation is 1. The molecule has 4 nitrogen and oxygen atoms in total. The van der Waals surface area contributed by atoms with Crippen LogP contribution in [0.1, 0.15) is 17.5 Å². The fraction of sp³-hybridized carbons (Fsp3) is 0.217. The molecule has 0 atom stereocenters. The van der Waals surface area contributed by atoms with E-state index in [0.717, 1.165) is 27.6 Å². The number of fused-ring (bicyclic) bond motifs is 1. The first-order valence-corrected chi connectivity index (χ1v) is 9.08. The van der Waals surface area contributed by atoms with E-state index in [4.69, 9.17) is 0 Å². The molecule has 0 unspecified atom stereocenters. The molecule has 0 saturated heterocycles. The van der Waals surface area contributed by atoms with Gasteiger partial charge in [0, 0.05) is 26.2 Å². The van der Waals surface area contributed by atoms with Gasteiger partial charge in [-0.3, -0.25) is 9.59 Å². The standard InChI is InChI=1S/C23H24N2O2/c1-25(2)23(27)15-12-17-10-13-20(14-11-17)24-22(26)16-19-8-5-7-18-6-3-4-9-21(18)19/h3-11,13-14H,12,15-16H2,1-2H3,(H,24,26). The van der Waals surface area contributed by atoms with Crippen LogP contribution < -0.4 is 5.32 Å². The van der Waals surface area contributed by atoms with Crippen molar-refractivity contribution in [1.82, 2.24) is 4.90 Å². The number of hydrogen-bond acceptors (Lipinski definition) is 2. The molecule has 0 aliphatic rings. The molecule has 1 N–H and O–H groups in total. The number of rotatable bonds is 6. The molecule has 0 fully saturated rings. The summed E-state index contributed by atoms with van der Waals surface area (Å²) >= 11 is 0. The van der Waals surface area contributed by atoms with E-state index in [1.54, 1.807) is 19.0 Å². The van der Waals surface area contributed by atoms with Gasteiger partial charge in [-0.25, -0.2) is 0 Å². The van der Waals surface area contributed by atoms with Crippen LogP contribution in [0.2, 0.25) is 0 Å². The highest BCUT2D eigenvalue weighted by Gasteiger charge is 2.08. The van der Waals surface area contributed by atoms with Crippen LogP contribution in [0.25, 0.3) is 10.8 Å². The van der Waals surface area contributed by atoms with Crippen molar-refractivity contribution >= 4 is 28.3 Å². The van der Waals surface area contributed by atoms with E-state index in [9.17, 15) is 9.59 Å². The zero-order chi connectivity index (χ0) is 19.2. The van der Waals surface area contributed by atoms with Crippen molar-refractivity contribution in [2.45, 2.75) is 19.3 Å². The van der Waals surface area contributed by atoms with Gasteiger partial charge in [0.1, 0.15) is 0 Å². The number of anilines is 1. The van der Waals surface area contributed by atoms with Crippen molar-refractivity contribution < 1.29 is 9.59 Å². The Morgan fingerprint density at radius 2 is 1.59 bits per heavy atom. The number of carbonyl (C=O) groups excluding carboxylic acids is 2. The molecule has 138 valence electrons. The molecule has 3 rings (SSSR count). The number of hydrogen-bond donors (Lipinski definition) is 1. The number of nitrogens with zero attached hydrogens (tertiary/aromatic N) is 1. The Labute approximate surface area is 159 Å². The van der Waals surface area contributed by atoms with Gasteiger partial charge >= 0.3 is 0 Å². The zero-order valence-corrected chi connectivity index (χ0v) is 15.7. The summed E-state index contributed by atoms with van der Waals surface area (Å²) in [6.45, 7) is 0. The first-order chi connectivity index (χ1) is 13.0. The molecule has 0 bridgehead atoms. The van der Waals surface area contributed by atoms with Gasteiger partial charge in [0.2, 0.25) is 11.8 Å². The predicted octanol–water partition coefficient (Wildman–Crippen LogP) is 4.04. The highest BCUT2D eigenvalue weighted by molar-refractivity contribution is 5.96. The molecule has 0 aliphatic carbocycles. The van der Waals surface area contributed by atoms with E-state index in [1.807, 2.05) is 54.6 Å². The topological polar surface area (TPSA) is 49.4 Å². The average molecular weight is 360 g/mol. The second kappa shape index (κ2) is 8.49. The quantitative estimate of drug-likeness (QED) is 0.721. The van der Waals surface area contributed by atoms with Crippen molar-refractivity contribution in [3.8, 4) is 0 Å². The molecule has 3 aromatic carbocycles. The van der Waals surface area contributed by atoms with E-state index < -0.39 is 0 Å². The highest BCUT2D eigenvalue weighted by atomic mass is 16.2. The van der Waals surface area contributed by atoms with E-state index in [-0.39, 0.29) is 11.8 Å². The Balaban J connectivity index is 1.60. The Morgan fingerprint density at radius 1 is 0.889 bits per heavy atom. The van der Waals surface area contributed by atoms with Crippen molar-refractivity contribution in [2.75, 3.05) is 19.4 Å². The summed E-state index contributed by atoms with van der Waals surface area (Å²) < 4.78 is 0. The third-order valence-corrected chi connectivity index (χ3v) is 4.59. The first kappa shape index (κ1) is 18.6. The first-order valence-electron chi connectivity index (χ1n) is 9.08. The molecule has 0 heterocycles. The number of carbonyl (C=O) groups is 2. The van der Waals surface area contributed by atoms with Gasteiger partial charge in [0.25, 0.3) is 0 Å². The third kappa shape index (κ3) is 4.94. The Bertz CT molecular complexity index is 941. The van der Waals surface area contributed by atoms with Crippen molar-refractivity contribution in [3.05, 3.63) is 77.9 Å². The van der Waals surface area contributed by atoms with E-state index >= 15 is 0 Å². The minimum Gasteiger partial charge on any atom is -0.349 e. The van der Waals surface area contributed by atoms with Crippen molar-refractivity contribution in [1.29, 1.82) is 0 Å². The fourth-order valence-corrected chi connectivity index (χ4v) is 3.05. The lowest BCUT2D eigenvalue weighted by Crippen LogP contribution is -2.21. The molecule has 0 spiro atoms. The van der Waals surface area contributed by atoms with Crippen molar-refractivity contribution in [3.63, 3.8) is 0 Å². The molecule has 2 amide bonds. The summed E-state index contributed by atoms with van der Waals surface area (Å²) in [4.78, 5) is 25.7. The monoisotopic (exact) mass is 360 g/mol. The molecular formula is C23H24N2O2. The summed E-state index contributed by atoms with van der Waals surface area (Å²) in [5.41, 5.74) is 2.87. The van der Waals surface area contributed by atoms with Crippen LogP contribution in [-0.2, 0) is 22.4 Å². The van der Waals surface area contributed by atoms with Gasteiger partial charge in [-0.2, -0.15) is 0 Å². The third-order valence-electron chi connectivity index (χ3n) is 4.59. The normalized spacial score (nSPS) is 10.6. The van der Waals surface area contributed by atoms with Crippen LogP contribution >= 0.6 is 0 Å². The Kier molecular flexibility index (Phi) is 5.87. The van der Waals surface area contributed by atoms with Crippen LogP contribution in [0, 0.1) is 0 Å². The van der Waals surface area contributed by atoms with E-state index in [1.165, 1.54) is 0 Å². The maximum Gasteiger partial charge on any atom is 0.228 e. The molecule has 27 heavy (non-hydrogen) atoms. The van der Waals surface area contributed by atoms with Crippen molar-refractivity contribution in [2.24, 2.45) is 0 Å². The summed E-state index contributed by atoms with van der Waals surface area (Å²) in [6.07, 6.45) is 1.52. The summed E-state index contributed by atoms with van der Waals surface area (Å²) in [5, 5.41) is 5.20. The molecular weight excluding hydrogens is 336 g/mol. The number of amides is 2. The van der Waals surface area contributed by atoms with Gasteiger partial charge in [-0.05, 0) is 40.5 Å². The van der Waals surface area contributed by atoms with Crippen LogP contribution in [0.5, 0.6) is 0 Å². The minimum atomic E-state index is -0.0399. The van der Waals surface area contributed by atoms with E-state index in [2.05, 4.69) is 17.4 Å². The van der Waals surface area contributed by atoms with Gasteiger partial charge in [0.15, 0.2) is 0 Å². The SMILES string of the molecule is CN(C)C(=O)CCc1ccc(NC(=O)Cc2cccc3ccccc23)cc1. The summed E-state index contributed by atoms with van der Waals surface area (Å²) in [5.74, 6) is 0.0735. The van der Waals surface area contributed by atoms with Crippen LogP contribution in [-0.4, -0.2) is 30.8 Å². The van der Waals surface area contributed by atoms with Gasteiger partial charge in [0.05, 0.1) is 6.42 Å². The predicted molar refractivity (Wildman–Crippen MR) is 110 cm³/mol. The molecule has 4 heteroatoms. The fourth-order valence-electron chi connectivity index (χ4n) is 3.05. The molecule has 3 aromatic rings. The minimum absolute atomic E-state index is 0.0399. The lowest BCUT2D eigenvalue weighted by atomic mass is 10.0. The van der Waals surface area contributed by atoms with Gasteiger partial charge in [-0.15, -0.1) is 0 Å². The van der Waals surface area contributed by atoms with Crippen LogP contribution in [0.3, 0.4) is 0 Å². The maximum atomic E-state index is 12.4.